The van der Waals surface area contributed by atoms with Crippen molar-refractivity contribution in [2.24, 2.45) is 0 Å². The summed E-state index contributed by atoms with van der Waals surface area (Å²) in [5.41, 5.74) is 0. The Morgan fingerprint density at radius 3 is 3.44 bits per heavy atom. The van der Waals surface area contributed by atoms with Crippen LogP contribution >= 0.6 is 11.5 Å². The predicted octanol–water partition coefficient (Wildman–Crippen LogP) is 1.90. The first-order valence-corrected chi connectivity index (χ1v) is 3.38. The monoisotopic (exact) mass is 133 g/mol. The van der Waals surface area contributed by atoms with Crippen molar-refractivity contribution in [1.29, 1.82) is 0 Å². The second-order valence-electron chi connectivity index (χ2n) is 1.70. The van der Waals surface area contributed by atoms with Gasteiger partial charge in [-0.3, -0.25) is 0 Å². The number of hydrogen-bond acceptors (Lipinski definition) is 2. The van der Waals surface area contributed by atoms with Crippen molar-refractivity contribution in [2.45, 2.75) is 0 Å². The zero-order chi connectivity index (χ0) is 6.10. The lowest BCUT2D eigenvalue weighted by Crippen LogP contribution is -1.58. The van der Waals surface area contributed by atoms with E-state index in [1.165, 1.54) is 11.5 Å². The number of nitrogens with zero attached hydrogens (tertiary/aromatic N) is 1. The van der Waals surface area contributed by atoms with Crippen LogP contribution in [0.15, 0.2) is 18.2 Å². The summed E-state index contributed by atoms with van der Waals surface area (Å²) in [5.74, 6) is 0. The molecule has 1 heterocycles. The SMILES string of the molecule is [c]1cccc2sn[c]c12. The van der Waals surface area contributed by atoms with Gasteiger partial charge in [-0.05, 0) is 23.7 Å². The molecule has 42 valence electrons. The number of fused-ring (bicyclic) bond motifs is 1. The number of hydrogen-bond donors (Lipinski definition) is 0. The average molecular weight is 133 g/mol. The molecule has 0 saturated carbocycles. The Bertz CT molecular complexity index is 283. The van der Waals surface area contributed by atoms with Crippen LogP contribution < -0.4 is 0 Å². The Labute approximate surface area is 57.1 Å². The van der Waals surface area contributed by atoms with Gasteiger partial charge in [-0.25, -0.2) is 0 Å². The molecule has 2 heteroatoms. The van der Waals surface area contributed by atoms with E-state index in [9.17, 15) is 0 Å². The number of aromatic nitrogens is 1. The summed E-state index contributed by atoms with van der Waals surface area (Å²) in [4.78, 5) is 0. The standard InChI is InChI=1S/C7H3NS/c1-2-4-7-6(3-1)5-8-9-7/h1-2,4H. The van der Waals surface area contributed by atoms with E-state index in [0.29, 0.717) is 0 Å². The molecule has 0 saturated heterocycles. The highest BCUT2D eigenvalue weighted by atomic mass is 32.1. The van der Waals surface area contributed by atoms with E-state index in [-0.39, 0.29) is 0 Å². The molecule has 0 atom stereocenters. The van der Waals surface area contributed by atoms with Crippen molar-refractivity contribution >= 4 is 21.6 Å². The molecular weight excluding hydrogens is 130 g/mol. The molecule has 0 unspecified atom stereocenters. The number of benzene rings is 1. The Balaban J connectivity index is 2.95. The smallest absolute Gasteiger partial charge is 0.113 e. The molecule has 9 heavy (non-hydrogen) atoms. The zero-order valence-corrected chi connectivity index (χ0v) is 5.40. The third-order valence-corrected chi connectivity index (χ3v) is 1.84. The molecule has 0 aliphatic rings. The van der Waals surface area contributed by atoms with Gasteiger partial charge in [-0.1, -0.05) is 12.1 Å². The van der Waals surface area contributed by atoms with Crippen LogP contribution in [0.25, 0.3) is 10.1 Å². The molecule has 2 radical (unpaired) electrons. The average Bonchev–Trinajstić information content (AvgIpc) is 2.33. The zero-order valence-electron chi connectivity index (χ0n) is 4.59. The third-order valence-electron chi connectivity index (χ3n) is 1.12. The minimum atomic E-state index is 0.988. The highest BCUT2D eigenvalue weighted by Gasteiger charge is 1.91. The summed E-state index contributed by atoms with van der Waals surface area (Å²) in [6.45, 7) is 0. The number of rotatable bonds is 0. The minimum absolute atomic E-state index is 0.988. The molecule has 0 bridgehead atoms. The van der Waals surface area contributed by atoms with E-state index in [4.69, 9.17) is 0 Å². The second kappa shape index (κ2) is 1.81. The lowest BCUT2D eigenvalue weighted by atomic mass is 10.3. The van der Waals surface area contributed by atoms with Crippen molar-refractivity contribution in [1.82, 2.24) is 4.37 Å². The lowest BCUT2D eigenvalue weighted by molar-refractivity contribution is 1.58. The molecule has 0 amide bonds. The van der Waals surface area contributed by atoms with Gasteiger partial charge in [0.05, 0.1) is 4.70 Å². The minimum Gasteiger partial charge on any atom is -0.190 e. The maximum Gasteiger partial charge on any atom is 0.113 e. The van der Waals surface area contributed by atoms with Gasteiger partial charge in [-0.2, -0.15) is 4.37 Å². The quantitative estimate of drug-likeness (QED) is 0.534. The van der Waals surface area contributed by atoms with E-state index in [2.05, 4.69) is 16.6 Å². The normalized spacial score (nSPS) is 10.2. The molecule has 1 aromatic carbocycles. The molecule has 0 aliphatic carbocycles. The summed E-state index contributed by atoms with van der Waals surface area (Å²) in [7, 11) is 0. The van der Waals surface area contributed by atoms with E-state index in [0.717, 1.165) is 10.1 Å². The molecule has 1 nitrogen and oxygen atoms in total. The first-order valence-electron chi connectivity index (χ1n) is 2.60. The van der Waals surface area contributed by atoms with Crippen LogP contribution in [-0.4, -0.2) is 4.37 Å². The van der Waals surface area contributed by atoms with Gasteiger partial charge in [0.25, 0.3) is 0 Å². The fourth-order valence-electron chi connectivity index (χ4n) is 0.703. The van der Waals surface area contributed by atoms with Crippen molar-refractivity contribution in [2.75, 3.05) is 0 Å². The van der Waals surface area contributed by atoms with Crippen LogP contribution in [0.5, 0.6) is 0 Å². The molecule has 0 spiro atoms. The van der Waals surface area contributed by atoms with Crippen molar-refractivity contribution < 1.29 is 0 Å². The Morgan fingerprint density at radius 1 is 1.56 bits per heavy atom. The van der Waals surface area contributed by atoms with Gasteiger partial charge in [0.15, 0.2) is 0 Å². The highest BCUT2D eigenvalue weighted by molar-refractivity contribution is 7.13. The summed E-state index contributed by atoms with van der Waals surface area (Å²) in [6.07, 6.45) is 2.83. The first-order chi connectivity index (χ1) is 4.47. The third kappa shape index (κ3) is 0.715. The predicted molar refractivity (Wildman–Crippen MR) is 37.3 cm³/mol. The van der Waals surface area contributed by atoms with Gasteiger partial charge in [0.1, 0.15) is 6.20 Å². The molecule has 0 fully saturated rings. The topological polar surface area (TPSA) is 12.9 Å². The first kappa shape index (κ1) is 4.94. The maximum absolute atomic E-state index is 3.89. The van der Waals surface area contributed by atoms with Crippen molar-refractivity contribution in [3.63, 3.8) is 0 Å². The van der Waals surface area contributed by atoms with Crippen LogP contribution in [-0.2, 0) is 0 Å². The van der Waals surface area contributed by atoms with Gasteiger partial charge < -0.3 is 0 Å². The molecule has 0 aliphatic heterocycles. The van der Waals surface area contributed by atoms with Crippen molar-refractivity contribution in [3.8, 4) is 0 Å². The molecular formula is C7H3NS. The molecule has 0 N–H and O–H groups in total. The van der Waals surface area contributed by atoms with E-state index < -0.39 is 0 Å². The Kier molecular flexibility index (Phi) is 0.993. The molecule has 2 rings (SSSR count). The van der Waals surface area contributed by atoms with Gasteiger partial charge >= 0.3 is 0 Å². The Hall–Kier alpha value is -0.890. The summed E-state index contributed by atoms with van der Waals surface area (Å²) < 4.78 is 5.04. The van der Waals surface area contributed by atoms with E-state index in [1.54, 1.807) is 0 Å². The second-order valence-corrected chi connectivity index (χ2v) is 2.51. The fraction of sp³-hybridized carbons (Fsp3) is 0. The van der Waals surface area contributed by atoms with Crippen LogP contribution in [0.2, 0.25) is 0 Å². The maximum atomic E-state index is 3.89. The van der Waals surface area contributed by atoms with Gasteiger partial charge in [-0.15, -0.1) is 0 Å². The van der Waals surface area contributed by atoms with E-state index in [1.807, 2.05) is 18.2 Å². The highest BCUT2D eigenvalue weighted by Crippen LogP contribution is 2.14. The summed E-state index contributed by atoms with van der Waals surface area (Å²) >= 11 is 1.45. The van der Waals surface area contributed by atoms with Crippen LogP contribution in [0, 0.1) is 12.3 Å². The van der Waals surface area contributed by atoms with Gasteiger partial charge in [0.2, 0.25) is 0 Å². The lowest BCUT2D eigenvalue weighted by Gasteiger charge is -1.79. The van der Waals surface area contributed by atoms with E-state index >= 15 is 0 Å². The Morgan fingerprint density at radius 2 is 2.56 bits per heavy atom. The molecule has 1 aromatic heterocycles. The fourth-order valence-corrected chi connectivity index (χ4v) is 1.27. The van der Waals surface area contributed by atoms with Crippen LogP contribution in [0.1, 0.15) is 0 Å². The van der Waals surface area contributed by atoms with Crippen LogP contribution in [0.4, 0.5) is 0 Å². The van der Waals surface area contributed by atoms with Crippen molar-refractivity contribution in [3.05, 3.63) is 30.5 Å². The summed E-state index contributed by atoms with van der Waals surface area (Å²) in [6, 6.07) is 8.86. The largest absolute Gasteiger partial charge is 0.190 e. The van der Waals surface area contributed by atoms with Gasteiger partial charge in [0, 0.05) is 5.39 Å². The molecule has 2 aromatic rings. The summed E-state index contributed by atoms with van der Waals surface area (Å²) in [5, 5.41) is 0.988. The van der Waals surface area contributed by atoms with Crippen LogP contribution in [0.3, 0.4) is 0 Å².